The van der Waals surface area contributed by atoms with Crippen LogP contribution in [0.1, 0.15) is 68.3 Å². The third-order valence-electron chi connectivity index (χ3n) is 4.20. The van der Waals surface area contributed by atoms with Gasteiger partial charge < -0.3 is 5.32 Å². The van der Waals surface area contributed by atoms with Crippen molar-refractivity contribution in [3.63, 3.8) is 0 Å². The second kappa shape index (κ2) is 8.14. The molecule has 2 rings (SSSR count). The molecule has 0 bridgehead atoms. The first kappa shape index (κ1) is 16.0. The second-order valence-electron chi connectivity index (χ2n) is 5.94. The summed E-state index contributed by atoms with van der Waals surface area (Å²) in [6, 6.07) is 8.16. The molecule has 0 spiro atoms. The number of Topliss-reactive ketones (excluding diaryl/α,β-unsaturated/α-hetero) is 1. The van der Waals surface area contributed by atoms with E-state index in [0.717, 1.165) is 24.0 Å². The Balaban J connectivity index is 2.02. The van der Waals surface area contributed by atoms with Gasteiger partial charge >= 0.3 is 0 Å². The van der Waals surface area contributed by atoms with Gasteiger partial charge in [-0.15, -0.1) is 0 Å². The molecule has 1 unspecified atom stereocenters. The lowest BCUT2D eigenvalue weighted by Crippen LogP contribution is -2.43. The molecule has 0 amide bonds. The lowest BCUT2D eigenvalue weighted by atomic mass is 9.91. The van der Waals surface area contributed by atoms with E-state index < -0.39 is 0 Å². The van der Waals surface area contributed by atoms with Gasteiger partial charge in [0.25, 0.3) is 0 Å². The first-order valence-corrected chi connectivity index (χ1v) is 8.33. The highest BCUT2D eigenvalue weighted by atomic mass is 16.1. The highest BCUT2D eigenvalue weighted by Crippen LogP contribution is 2.20. The maximum absolute atomic E-state index is 12.6. The largest absolute Gasteiger partial charge is 0.301 e. The molecule has 2 heteroatoms. The molecule has 1 aliphatic rings. The third-order valence-corrected chi connectivity index (χ3v) is 4.20. The number of carbonyl (C=O) groups excluding carboxylic acids is 1. The summed E-state index contributed by atoms with van der Waals surface area (Å²) >= 11 is 0. The molecule has 0 fully saturated rings. The Labute approximate surface area is 128 Å². The average Bonchev–Trinajstić information content (AvgIpc) is 2.52. The predicted octanol–water partition coefficient (Wildman–Crippen LogP) is 4.60. The maximum Gasteiger partial charge on any atom is 0.184 e. The zero-order valence-electron chi connectivity index (χ0n) is 13.3. The van der Waals surface area contributed by atoms with Gasteiger partial charge in [-0.25, -0.2) is 0 Å². The zero-order chi connectivity index (χ0) is 15.1. The average molecular weight is 285 g/mol. The van der Waals surface area contributed by atoms with E-state index in [4.69, 9.17) is 0 Å². The van der Waals surface area contributed by atoms with E-state index in [1.807, 2.05) is 30.3 Å². The summed E-state index contributed by atoms with van der Waals surface area (Å²) in [6.07, 6.45) is 11.3. The van der Waals surface area contributed by atoms with Crippen molar-refractivity contribution in [2.45, 2.75) is 64.5 Å². The van der Waals surface area contributed by atoms with E-state index in [9.17, 15) is 4.79 Å². The Bertz CT molecular complexity index is 484. The minimum Gasteiger partial charge on any atom is -0.301 e. The summed E-state index contributed by atoms with van der Waals surface area (Å²) in [6.45, 7) is 4.44. The van der Waals surface area contributed by atoms with E-state index in [-0.39, 0.29) is 11.8 Å². The highest BCUT2D eigenvalue weighted by Gasteiger charge is 2.24. The molecule has 0 aliphatic heterocycles. The predicted molar refractivity (Wildman–Crippen MR) is 89.6 cm³/mol. The Morgan fingerprint density at radius 3 is 2.43 bits per heavy atom. The van der Waals surface area contributed by atoms with Crippen LogP contribution in [-0.2, 0) is 0 Å². The molecule has 0 saturated heterocycles. The first-order valence-electron chi connectivity index (χ1n) is 8.33. The summed E-state index contributed by atoms with van der Waals surface area (Å²) < 4.78 is 0. The fourth-order valence-electron chi connectivity index (χ4n) is 2.92. The van der Waals surface area contributed by atoms with Crippen molar-refractivity contribution in [2.75, 3.05) is 0 Å². The zero-order valence-corrected chi connectivity index (χ0v) is 13.3. The fourth-order valence-corrected chi connectivity index (χ4v) is 2.92. The van der Waals surface area contributed by atoms with E-state index in [0.29, 0.717) is 6.04 Å². The molecule has 1 aromatic carbocycles. The van der Waals surface area contributed by atoms with Crippen LogP contribution in [0.3, 0.4) is 0 Å². The van der Waals surface area contributed by atoms with Crippen molar-refractivity contribution < 1.29 is 4.79 Å². The van der Waals surface area contributed by atoms with Crippen molar-refractivity contribution in [2.24, 2.45) is 0 Å². The molecule has 0 heterocycles. The first-order chi connectivity index (χ1) is 10.3. The number of unbranched alkanes of at least 4 members (excludes halogenated alkanes) is 2. The van der Waals surface area contributed by atoms with Gasteiger partial charge in [0.05, 0.1) is 6.04 Å². The number of benzene rings is 1. The molecule has 0 radical (unpaired) electrons. The third kappa shape index (κ3) is 4.28. The Morgan fingerprint density at radius 2 is 1.76 bits per heavy atom. The topological polar surface area (TPSA) is 29.1 Å². The number of carbonyl (C=O) groups is 1. The normalized spacial score (nSPS) is 17.3. The van der Waals surface area contributed by atoms with Crippen molar-refractivity contribution in [1.29, 1.82) is 0 Å². The van der Waals surface area contributed by atoms with Gasteiger partial charge in [0.2, 0.25) is 0 Å². The van der Waals surface area contributed by atoms with E-state index in [1.165, 1.54) is 25.7 Å². The van der Waals surface area contributed by atoms with Crippen LogP contribution in [0.5, 0.6) is 0 Å². The summed E-state index contributed by atoms with van der Waals surface area (Å²) in [7, 11) is 0. The number of nitrogens with one attached hydrogen (secondary N) is 1. The van der Waals surface area contributed by atoms with Gasteiger partial charge in [0.1, 0.15) is 0 Å². The molecule has 1 N–H and O–H groups in total. The molecular formula is C19H27NO. The maximum atomic E-state index is 12.6. The van der Waals surface area contributed by atoms with Crippen LogP contribution in [0.25, 0.3) is 6.08 Å². The van der Waals surface area contributed by atoms with Crippen LogP contribution < -0.4 is 5.32 Å². The minimum absolute atomic E-state index is 0.154. The molecule has 0 aromatic heterocycles. The van der Waals surface area contributed by atoms with Crippen molar-refractivity contribution in [3.05, 3.63) is 41.5 Å². The van der Waals surface area contributed by atoms with Crippen LogP contribution in [0.2, 0.25) is 0 Å². The molecule has 114 valence electrons. The lowest BCUT2D eigenvalue weighted by molar-refractivity contribution is 0.0954. The molecule has 2 nitrogen and oxygen atoms in total. The number of hydrogen-bond acceptors (Lipinski definition) is 2. The smallest absolute Gasteiger partial charge is 0.184 e. The summed E-state index contributed by atoms with van der Waals surface area (Å²) in [5.74, 6) is 0.214. The minimum atomic E-state index is -0.154. The van der Waals surface area contributed by atoms with Crippen molar-refractivity contribution >= 4 is 11.9 Å². The van der Waals surface area contributed by atoms with Crippen LogP contribution in [-0.4, -0.2) is 17.9 Å². The monoisotopic (exact) mass is 285 g/mol. The van der Waals surface area contributed by atoms with E-state index >= 15 is 0 Å². The Hall–Kier alpha value is -1.41. The van der Waals surface area contributed by atoms with Crippen LogP contribution in [0, 0.1) is 0 Å². The molecule has 1 aromatic rings. The number of rotatable bonds is 8. The van der Waals surface area contributed by atoms with Gasteiger partial charge in [-0.1, -0.05) is 75.9 Å². The molecule has 0 saturated carbocycles. The van der Waals surface area contributed by atoms with Crippen LogP contribution >= 0.6 is 0 Å². The Morgan fingerprint density at radius 1 is 1.10 bits per heavy atom. The summed E-state index contributed by atoms with van der Waals surface area (Å²) in [5, 5.41) is 3.58. The molecular weight excluding hydrogens is 258 g/mol. The van der Waals surface area contributed by atoms with Gasteiger partial charge in [-0.2, -0.15) is 0 Å². The standard InChI is InChI=1S/C19H27NO/c1-3-5-10-16(11-6-4-2)20-18-14-13-15-9-7-8-12-17(15)19(18)21/h7-9,12-14,16,18,20H,3-6,10-11H2,1-2H3. The highest BCUT2D eigenvalue weighted by molar-refractivity contribution is 6.06. The SMILES string of the molecule is CCCCC(CCCC)NC1C=Cc2ccccc2C1=O. The Kier molecular flexibility index (Phi) is 6.19. The molecule has 1 atom stereocenters. The molecule has 21 heavy (non-hydrogen) atoms. The lowest BCUT2D eigenvalue weighted by Gasteiger charge is -2.25. The van der Waals surface area contributed by atoms with Gasteiger partial charge in [-0.3, -0.25) is 4.79 Å². The van der Waals surface area contributed by atoms with Gasteiger partial charge in [-0.05, 0) is 18.4 Å². The second-order valence-corrected chi connectivity index (χ2v) is 5.94. The quantitative estimate of drug-likeness (QED) is 0.756. The van der Waals surface area contributed by atoms with Gasteiger partial charge in [0, 0.05) is 11.6 Å². The van der Waals surface area contributed by atoms with Crippen molar-refractivity contribution in [1.82, 2.24) is 5.32 Å². The number of fused-ring (bicyclic) bond motifs is 1. The van der Waals surface area contributed by atoms with Crippen LogP contribution in [0.4, 0.5) is 0 Å². The molecule has 1 aliphatic carbocycles. The van der Waals surface area contributed by atoms with E-state index in [1.54, 1.807) is 0 Å². The fraction of sp³-hybridized carbons (Fsp3) is 0.526. The van der Waals surface area contributed by atoms with E-state index in [2.05, 4.69) is 25.2 Å². The number of hydrogen-bond donors (Lipinski definition) is 1. The number of ketones is 1. The van der Waals surface area contributed by atoms with Gasteiger partial charge in [0.15, 0.2) is 5.78 Å². The van der Waals surface area contributed by atoms with Crippen LogP contribution in [0.15, 0.2) is 30.3 Å². The summed E-state index contributed by atoms with van der Waals surface area (Å²) in [4.78, 5) is 12.6. The summed E-state index contributed by atoms with van der Waals surface area (Å²) in [5.41, 5.74) is 1.89. The van der Waals surface area contributed by atoms with Crippen molar-refractivity contribution in [3.8, 4) is 0 Å².